The molecule has 0 aliphatic heterocycles. The van der Waals surface area contributed by atoms with Gasteiger partial charge in [-0.25, -0.2) is 0 Å². The largest absolute Gasteiger partial charge is 0.319 e. The van der Waals surface area contributed by atoms with Crippen LogP contribution in [-0.2, 0) is 6.42 Å². The number of benzene rings is 1. The van der Waals surface area contributed by atoms with Crippen molar-refractivity contribution in [3.05, 3.63) is 35.7 Å². The summed E-state index contributed by atoms with van der Waals surface area (Å²) < 4.78 is 1.80. The van der Waals surface area contributed by atoms with Gasteiger partial charge >= 0.3 is 0 Å². The first-order valence-corrected chi connectivity index (χ1v) is 7.03. The zero-order chi connectivity index (χ0) is 13.2. The zero-order valence-electron chi connectivity index (χ0n) is 10.9. The van der Waals surface area contributed by atoms with Crippen LogP contribution in [0.1, 0.15) is 11.4 Å². The van der Waals surface area contributed by atoms with E-state index in [0.29, 0.717) is 0 Å². The van der Waals surface area contributed by atoms with E-state index in [0.717, 1.165) is 28.8 Å². The molecule has 1 N–H and O–H groups in total. The van der Waals surface area contributed by atoms with Crippen LogP contribution in [0.15, 0.2) is 24.3 Å². The number of fused-ring (bicyclic) bond motifs is 1. The van der Waals surface area contributed by atoms with E-state index in [-0.39, 0.29) is 0 Å². The van der Waals surface area contributed by atoms with E-state index in [1.165, 1.54) is 11.1 Å². The van der Waals surface area contributed by atoms with Gasteiger partial charge in [0.2, 0.25) is 4.96 Å². The Hall–Kier alpha value is -1.79. The van der Waals surface area contributed by atoms with Crippen LogP contribution in [0.4, 0.5) is 0 Å². The molecule has 3 aromatic rings. The van der Waals surface area contributed by atoms with Crippen molar-refractivity contribution in [2.75, 3.05) is 13.6 Å². The van der Waals surface area contributed by atoms with Crippen molar-refractivity contribution < 1.29 is 0 Å². The number of rotatable bonds is 4. The molecular formula is C13H15N5S. The van der Waals surface area contributed by atoms with Gasteiger partial charge in [-0.05, 0) is 32.5 Å². The van der Waals surface area contributed by atoms with Gasteiger partial charge in [0.1, 0.15) is 5.01 Å². The predicted molar refractivity (Wildman–Crippen MR) is 76.5 cm³/mol. The number of likely N-dealkylation sites (N-methyl/N-ethyl adjacent to an activating group) is 1. The molecule has 0 amide bonds. The van der Waals surface area contributed by atoms with Gasteiger partial charge in [-0.3, -0.25) is 0 Å². The van der Waals surface area contributed by atoms with Crippen LogP contribution < -0.4 is 5.32 Å². The maximum atomic E-state index is 4.60. The molecule has 0 fully saturated rings. The quantitative estimate of drug-likeness (QED) is 0.789. The van der Waals surface area contributed by atoms with Crippen LogP contribution in [0, 0.1) is 6.92 Å². The molecule has 2 heterocycles. The average molecular weight is 273 g/mol. The third kappa shape index (κ3) is 2.24. The lowest BCUT2D eigenvalue weighted by molar-refractivity contribution is 0.792. The fourth-order valence-corrected chi connectivity index (χ4v) is 2.98. The van der Waals surface area contributed by atoms with Crippen LogP contribution in [0.3, 0.4) is 0 Å². The highest BCUT2D eigenvalue weighted by molar-refractivity contribution is 7.19. The summed E-state index contributed by atoms with van der Waals surface area (Å²) in [5.74, 6) is 0.824. The van der Waals surface area contributed by atoms with Gasteiger partial charge in [0.25, 0.3) is 0 Å². The molecule has 98 valence electrons. The second-order valence-electron chi connectivity index (χ2n) is 4.36. The molecule has 19 heavy (non-hydrogen) atoms. The third-order valence-corrected chi connectivity index (χ3v) is 3.97. The molecule has 0 spiro atoms. The van der Waals surface area contributed by atoms with Gasteiger partial charge < -0.3 is 5.32 Å². The number of aromatic nitrogens is 4. The summed E-state index contributed by atoms with van der Waals surface area (Å²) in [7, 11) is 1.97. The van der Waals surface area contributed by atoms with Crippen LogP contribution in [0.2, 0.25) is 0 Å². The highest BCUT2D eigenvalue weighted by Gasteiger charge is 2.12. The first-order chi connectivity index (χ1) is 9.29. The van der Waals surface area contributed by atoms with Crippen LogP contribution >= 0.6 is 11.3 Å². The Kier molecular flexibility index (Phi) is 3.27. The Balaban J connectivity index is 2.05. The van der Waals surface area contributed by atoms with Crippen molar-refractivity contribution in [3.63, 3.8) is 0 Å². The Morgan fingerprint density at radius 2 is 2.11 bits per heavy atom. The Morgan fingerprint density at radius 1 is 1.26 bits per heavy atom. The Bertz CT molecular complexity index is 700. The molecule has 0 atom stereocenters. The van der Waals surface area contributed by atoms with E-state index in [4.69, 9.17) is 0 Å². The fraction of sp³-hybridized carbons (Fsp3) is 0.308. The highest BCUT2D eigenvalue weighted by Crippen LogP contribution is 2.28. The number of nitrogens with one attached hydrogen (secondary N) is 1. The molecule has 0 saturated carbocycles. The smallest absolute Gasteiger partial charge is 0.234 e. The van der Waals surface area contributed by atoms with Gasteiger partial charge in [-0.2, -0.15) is 9.61 Å². The van der Waals surface area contributed by atoms with Crippen LogP contribution in [0.25, 0.3) is 15.5 Å². The van der Waals surface area contributed by atoms with Crippen molar-refractivity contribution in [3.8, 4) is 10.6 Å². The Labute approximate surface area is 115 Å². The summed E-state index contributed by atoms with van der Waals surface area (Å²) in [6.07, 6.45) is 0.992. The topological polar surface area (TPSA) is 55.1 Å². The van der Waals surface area contributed by atoms with E-state index in [9.17, 15) is 0 Å². The molecule has 0 aliphatic carbocycles. The van der Waals surface area contributed by atoms with Crippen molar-refractivity contribution in [2.45, 2.75) is 13.3 Å². The summed E-state index contributed by atoms with van der Waals surface area (Å²) in [4.78, 5) is 0.843. The van der Waals surface area contributed by atoms with Crippen molar-refractivity contribution >= 4 is 16.3 Å². The maximum absolute atomic E-state index is 4.60. The first-order valence-electron chi connectivity index (χ1n) is 6.21. The van der Waals surface area contributed by atoms with E-state index in [1.54, 1.807) is 15.9 Å². The summed E-state index contributed by atoms with van der Waals surface area (Å²) in [6.45, 7) is 2.87. The summed E-state index contributed by atoms with van der Waals surface area (Å²) in [6, 6.07) is 8.39. The highest BCUT2D eigenvalue weighted by atomic mass is 32.1. The summed E-state index contributed by atoms with van der Waals surface area (Å²) in [5, 5.41) is 16.9. The molecule has 0 aliphatic rings. The van der Waals surface area contributed by atoms with Gasteiger partial charge in [-0.15, -0.1) is 10.2 Å². The standard InChI is InChI=1S/C13H15N5S/c1-9-15-16-13-18(9)17-12(19-13)11-6-4-3-5-10(11)7-8-14-2/h3-6,14H,7-8H2,1-2H3. The SMILES string of the molecule is CNCCc1ccccc1-c1nn2c(C)nnc2s1. The first kappa shape index (κ1) is 12.3. The Morgan fingerprint density at radius 3 is 2.89 bits per heavy atom. The minimum absolute atomic E-state index is 0.824. The lowest BCUT2D eigenvalue weighted by atomic mass is 10.1. The average Bonchev–Trinajstić information content (AvgIpc) is 2.99. The minimum atomic E-state index is 0.824. The van der Waals surface area contributed by atoms with Gasteiger partial charge in [-0.1, -0.05) is 35.6 Å². The number of hydrogen-bond acceptors (Lipinski definition) is 5. The van der Waals surface area contributed by atoms with Gasteiger partial charge in [0.05, 0.1) is 0 Å². The second-order valence-corrected chi connectivity index (χ2v) is 5.32. The molecule has 6 heteroatoms. The molecule has 1 aromatic carbocycles. The molecule has 5 nitrogen and oxygen atoms in total. The molecule has 3 rings (SSSR count). The molecule has 0 unspecified atom stereocenters. The molecular weight excluding hydrogens is 258 g/mol. The van der Waals surface area contributed by atoms with E-state index >= 15 is 0 Å². The molecule has 0 saturated heterocycles. The molecule has 2 aromatic heterocycles. The zero-order valence-corrected chi connectivity index (χ0v) is 11.7. The third-order valence-electron chi connectivity index (χ3n) is 3.04. The number of hydrogen-bond donors (Lipinski definition) is 1. The van der Waals surface area contributed by atoms with E-state index in [2.05, 4.69) is 38.8 Å². The van der Waals surface area contributed by atoms with E-state index < -0.39 is 0 Å². The lowest BCUT2D eigenvalue weighted by Gasteiger charge is -2.06. The fourth-order valence-electron chi connectivity index (χ4n) is 2.03. The van der Waals surface area contributed by atoms with Crippen molar-refractivity contribution in [2.24, 2.45) is 0 Å². The van der Waals surface area contributed by atoms with Crippen molar-refractivity contribution in [1.82, 2.24) is 25.1 Å². The van der Waals surface area contributed by atoms with Gasteiger partial charge in [0, 0.05) is 5.56 Å². The molecule has 0 bridgehead atoms. The predicted octanol–water partition coefficient (Wildman–Crippen LogP) is 1.92. The van der Waals surface area contributed by atoms with Crippen LogP contribution in [-0.4, -0.2) is 33.4 Å². The minimum Gasteiger partial charge on any atom is -0.319 e. The van der Waals surface area contributed by atoms with Crippen LogP contribution in [0.5, 0.6) is 0 Å². The second kappa shape index (κ2) is 5.07. The monoisotopic (exact) mass is 273 g/mol. The summed E-state index contributed by atoms with van der Waals surface area (Å²) in [5.41, 5.74) is 2.49. The van der Waals surface area contributed by atoms with Crippen molar-refractivity contribution in [1.29, 1.82) is 0 Å². The summed E-state index contributed by atoms with van der Waals surface area (Å²) >= 11 is 1.58. The lowest BCUT2D eigenvalue weighted by Crippen LogP contribution is -2.10. The number of aryl methyl sites for hydroxylation is 1. The normalized spacial score (nSPS) is 11.3. The van der Waals surface area contributed by atoms with Gasteiger partial charge in [0.15, 0.2) is 5.82 Å². The molecule has 0 radical (unpaired) electrons. The van der Waals surface area contributed by atoms with E-state index in [1.807, 2.05) is 20.0 Å². The maximum Gasteiger partial charge on any atom is 0.234 e. The number of nitrogens with zero attached hydrogens (tertiary/aromatic N) is 4.